The Morgan fingerprint density at radius 3 is 2.67 bits per heavy atom. The molecule has 1 atom stereocenters. The highest BCUT2D eigenvalue weighted by Gasteiger charge is 2.12. The zero-order chi connectivity index (χ0) is 11.3. The smallest absolute Gasteiger partial charge is 0.0936 e. The van der Waals surface area contributed by atoms with Crippen molar-refractivity contribution in [2.45, 2.75) is 19.4 Å². The number of aliphatic hydroxyl groups excluding tert-OH is 1. The number of nitrogens with two attached hydrogens (primary N) is 1. The average Bonchev–Trinajstić information content (AvgIpc) is 2.18. The Labute approximate surface area is 91.5 Å². The molecule has 0 aliphatic carbocycles. The van der Waals surface area contributed by atoms with Gasteiger partial charge in [-0.2, -0.15) is 0 Å². The van der Waals surface area contributed by atoms with Gasteiger partial charge in [-0.1, -0.05) is 25.1 Å². The molecular formula is C12H20N2O. The third kappa shape index (κ3) is 3.53. The third-order valence-electron chi connectivity index (χ3n) is 2.44. The summed E-state index contributed by atoms with van der Waals surface area (Å²) in [5.74, 6) is 0. The van der Waals surface area contributed by atoms with Crippen LogP contribution < -0.4 is 5.73 Å². The van der Waals surface area contributed by atoms with Crippen LogP contribution >= 0.6 is 0 Å². The van der Waals surface area contributed by atoms with Crippen molar-refractivity contribution in [1.82, 2.24) is 4.90 Å². The van der Waals surface area contributed by atoms with Gasteiger partial charge in [0.05, 0.1) is 6.10 Å². The van der Waals surface area contributed by atoms with E-state index in [9.17, 15) is 5.11 Å². The summed E-state index contributed by atoms with van der Waals surface area (Å²) in [6, 6.07) is 7.47. The maximum Gasteiger partial charge on any atom is 0.0936 e. The van der Waals surface area contributed by atoms with E-state index in [-0.39, 0.29) is 0 Å². The van der Waals surface area contributed by atoms with Gasteiger partial charge < -0.3 is 15.7 Å². The summed E-state index contributed by atoms with van der Waals surface area (Å²) >= 11 is 0. The molecule has 3 heteroatoms. The fourth-order valence-electron chi connectivity index (χ4n) is 1.68. The highest BCUT2D eigenvalue weighted by Crippen LogP contribution is 2.20. The van der Waals surface area contributed by atoms with E-state index >= 15 is 0 Å². The number of benzene rings is 1. The number of para-hydroxylation sites is 1. The summed E-state index contributed by atoms with van der Waals surface area (Å²) in [4.78, 5) is 2.11. The lowest BCUT2D eigenvalue weighted by Gasteiger charge is -2.20. The van der Waals surface area contributed by atoms with Crippen molar-refractivity contribution in [3.8, 4) is 0 Å². The van der Waals surface area contributed by atoms with E-state index in [2.05, 4.69) is 11.8 Å². The topological polar surface area (TPSA) is 49.5 Å². The number of rotatable bonds is 5. The van der Waals surface area contributed by atoms with E-state index in [1.54, 1.807) is 0 Å². The van der Waals surface area contributed by atoms with Crippen molar-refractivity contribution in [2.75, 3.05) is 25.9 Å². The van der Waals surface area contributed by atoms with Crippen LogP contribution in [0.1, 0.15) is 25.0 Å². The van der Waals surface area contributed by atoms with Gasteiger partial charge in [0.15, 0.2) is 0 Å². The molecule has 0 spiro atoms. The molecule has 15 heavy (non-hydrogen) atoms. The molecule has 0 aromatic heterocycles. The number of hydrogen-bond acceptors (Lipinski definition) is 3. The van der Waals surface area contributed by atoms with Crippen LogP contribution in [-0.4, -0.2) is 30.1 Å². The summed E-state index contributed by atoms with van der Waals surface area (Å²) in [7, 11) is 2.01. The number of nitrogens with zero attached hydrogens (tertiary/aromatic N) is 1. The summed E-state index contributed by atoms with van der Waals surface area (Å²) < 4.78 is 0. The molecule has 84 valence electrons. The van der Waals surface area contributed by atoms with Gasteiger partial charge >= 0.3 is 0 Å². The van der Waals surface area contributed by atoms with Gasteiger partial charge in [0.2, 0.25) is 0 Å². The van der Waals surface area contributed by atoms with Crippen molar-refractivity contribution in [3.63, 3.8) is 0 Å². The molecule has 0 heterocycles. The van der Waals surface area contributed by atoms with E-state index in [4.69, 9.17) is 5.73 Å². The number of aliphatic hydroxyl groups is 1. The molecule has 0 bridgehead atoms. The second-order valence-corrected chi connectivity index (χ2v) is 3.91. The van der Waals surface area contributed by atoms with Gasteiger partial charge in [-0.05, 0) is 26.1 Å². The second kappa shape index (κ2) is 5.73. The predicted octanol–water partition coefficient (Wildman–Crippen LogP) is 1.64. The lowest BCUT2D eigenvalue weighted by atomic mass is 10.1. The molecule has 0 aliphatic heterocycles. The van der Waals surface area contributed by atoms with Crippen LogP contribution in [0.5, 0.6) is 0 Å². The quantitative estimate of drug-likeness (QED) is 0.723. The van der Waals surface area contributed by atoms with Gasteiger partial charge in [0, 0.05) is 17.8 Å². The molecule has 0 amide bonds. The average molecular weight is 208 g/mol. The molecule has 0 fully saturated rings. The molecule has 1 aromatic rings. The summed E-state index contributed by atoms with van der Waals surface area (Å²) in [5.41, 5.74) is 7.27. The molecule has 0 aliphatic rings. The Kier molecular flexibility index (Phi) is 4.59. The first-order valence-corrected chi connectivity index (χ1v) is 5.36. The zero-order valence-electron chi connectivity index (χ0n) is 9.48. The van der Waals surface area contributed by atoms with Gasteiger partial charge in [0.1, 0.15) is 0 Å². The minimum absolute atomic E-state index is 0.497. The highest BCUT2D eigenvalue weighted by molar-refractivity contribution is 5.47. The van der Waals surface area contributed by atoms with Crippen LogP contribution in [-0.2, 0) is 0 Å². The maximum absolute atomic E-state index is 9.98. The molecule has 3 nitrogen and oxygen atoms in total. The second-order valence-electron chi connectivity index (χ2n) is 3.91. The van der Waals surface area contributed by atoms with Crippen molar-refractivity contribution in [3.05, 3.63) is 29.8 Å². The first kappa shape index (κ1) is 12.0. The van der Waals surface area contributed by atoms with Gasteiger partial charge in [-0.15, -0.1) is 0 Å². The summed E-state index contributed by atoms with van der Waals surface area (Å²) in [6.45, 7) is 3.74. The lowest BCUT2D eigenvalue weighted by molar-refractivity contribution is 0.127. The van der Waals surface area contributed by atoms with Crippen molar-refractivity contribution in [2.24, 2.45) is 0 Å². The standard InChI is InChI=1S/C12H20N2O/c1-3-8-14(2)9-12(15)10-6-4-5-7-11(10)13/h4-7,12,15H,3,8-9,13H2,1-2H3. The van der Waals surface area contributed by atoms with E-state index < -0.39 is 6.10 Å². The van der Waals surface area contributed by atoms with E-state index in [0.29, 0.717) is 12.2 Å². The number of likely N-dealkylation sites (N-methyl/N-ethyl adjacent to an activating group) is 1. The van der Waals surface area contributed by atoms with Crippen LogP contribution in [0.15, 0.2) is 24.3 Å². The fourth-order valence-corrected chi connectivity index (χ4v) is 1.68. The van der Waals surface area contributed by atoms with E-state index in [1.807, 2.05) is 31.3 Å². The van der Waals surface area contributed by atoms with Crippen LogP contribution in [0.4, 0.5) is 5.69 Å². The zero-order valence-corrected chi connectivity index (χ0v) is 9.48. The van der Waals surface area contributed by atoms with Gasteiger partial charge in [-0.3, -0.25) is 0 Å². The van der Waals surface area contributed by atoms with Crippen LogP contribution in [0.3, 0.4) is 0 Å². The SMILES string of the molecule is CCCN(C)CC(O)c1ccccc1N. The van der Waals surface area contributed by atoms with Crippen molar-refractivity contribution in [1.29, 1.82) is 0 Å². The van der Waals surface area contributed by atoms with E-state index in [0.717, 1.165) is 18.5 Å². The Hall–Kier alpha value is -1.06. The molecule has 3 N–H and O–H groups in total. The molecule has 1 unspecified atom stereocenters. The van der Waals surface area contributed by atoms with Crippen molar-refractivity contribution < 1.29 is 5.11 Å². The minimum Gasteiger partial charge on any atom is -0.398 e. The Morgan fingerprint density at radius 2 is 2.07 bits per heavy atom. The summed E-state index contributed by atoms with van der Waals surface area (Å²) in [5, 5.41) is 9.98. The number of nitrogen functional groups attached to an aromatic ring is 1. The molecular weight excluding hydrogens is 188 g/mol. The molecule has 0 radical (unpaired) electrons. The normalized spacial score (nSPS) is 13.1. The van der Waals surface area contributed by atoms with Crippen molar-refractivity contribution >= 4 is 5.69 Å². The molecule has 1 rings (SSSR count). The largest absolute Gasteiger partial charge is 0.398 e. The first-order valence-electron chi connectivity index (χ1n) is 5.36. The minimum atomic E-state index is -0.497. The third-order valence-corrected chi connectivity index (χ3v) is 2.44. The summed E-state index contributed by atoms with van der Waals surface area (Å²) in [6.07, 6.45) is 0.593. The van der Waals surface area contributed by atoms with Crippen LogP contribution in [0.25, 0.3) is 0 Å². The van der Waals surface area contributed by atoms with Gasteiger partial charge in [-0.25, -0.2) is 0 Å². The number of hydrogen-bond donors (Lipinski definition) is 2. The number of anilines is 1. The molecule has 0 saturated heterocycles. The Morgan fingerprint density at radius 1 is 1.40 bits per heavy atom. The fraction of sp³-hybridized carbons (Fsp3) is 0.500. The molecule has 1 aromatic carbocycles. The monoisotopic (exact) mass is 208 g/mol. The maximum atomic E-state index is 9.98. The Bertz CT molecular complexity index is 301. The lowest BCUT2D eigenvalue weighted by Crippen LogP contribution is -2.25. The molecule has 0 saturated carbocycles. The van der Waals surface area contributed by atoms with Crippen LogP contribution in [0.2, 0.25) is 0 Å². The first-order chi connectivity index (χ1) is 7.15. The Balaban J connectivity index is 2.61. The van der Waals surface area contributed by atoms with Crippen LogP contribution in [0, 0.1) is 0 Å². The highest BCUT2D eigenvalue weighted by atomic mass is 16.3. The predicted molar refractivity (Wildman–Crippen MR) is 63.6 cm³/mol. The van der Waals surface area contributed by atoms with Gasteiger partial charge in [0.25, 0.3) is 0 Å². The van der Waals surface area contributed by atoms with E-state index in [1.165, 1.54) is 0 Å².